The lowest BCUT2D eigenvalue weighted by Crippen LogP contribution is -2.19. The van der Waals surface area contributed by atoms with Gasteiger partial charge in [-0.15, -0.1) is 11.3 Å². The van der Waals surface area contributed by atoms with Crippen LogP contribution in [0.15, 0.2) is 35.8 Å². The van der Waals surface area contributed by atoms with Crippen molar-refractivity contribution in [3.8, 4) is 0 Å². The number of thiazole rings is 1. The molecule has 0 atom stereocenters. The Hall–Kier alpha value is -1.56. The summed E-state index contributed by atoms with van der Waals surface area (Å²) in [4.78, 5) is 7.86. The molecule has 110 valence electrons. The third kappa shape index (κ3) is 2.77. The van der Waals surface area contributed by atoms with Gasteiger partial charge < -0.3 is 10.6 Å². The molecule has 0 spiro atoms. The SMILES string of the molecule is CN(Cc1ccccc1Cl)c1nc2sccn2c1CCN. The zero-order valence-corrected chi connectivity index (χ0v) is 13.4. The summed E-state index contributed by atoms with van der Waals surface area (Å²) in [5.41, 5.74) is 8.00. The van der Waals surface area contributed by atoms with E-state index in [0.717, 1.165) is 40.0 Å². The molecule has 2 heterocycles. The fourth-order valence-electron chi connectivity index (χ4n) is 2.45. The average molecular weight is 321 g/mol. The molecule has 21 heavy (non-hydrogen) atoms. The van der Waals surface area contributed by atoms with Crippen LogP contribution in [0.2, 0.25) is 5.02 Å². The predicted octanol–water partition coefficient (Wildman–Crippen LogP) is 3.19. The fraction of sp³-hybridized carbons (Fsp3) is 0.267. The van der Waals surface area contributed by atoms with Gasteiger partial charge in [-0.05, 0) is 18.2 Å². The Balaban J connectivity index is 1.93. The van der Waals surface area contributed by atoms with Gasteiger partial charge >= 0.3 is 0 Å². The second-order valence-corrected chi connectivity index (χ2v) is 6.20. The average Bonchev–Trinajstić information content (AvgIpc) is 3.04. The Morgan fingerprint density at radius 2 is 2.19 bits per heavy atom. The second-order valence-electron chi connectivity index (χ2n) is 4.92. The number of hydrogen-bond acceptors (Lipinski definition) is 4. The van der Waals surface area contributed by atoms with Crippen LogP contribution >= 0.6 is 22.9 Å². The quantitative estimate of drug-likeness (QED) is 0.785. The number of nitrogens with two attached hydrogens (primary N) is 1. The molecule has 2 aromatic heterocycles. The van der Waals surface area contributed by atoms with E-state index >= 15 is 0 Å². The summed E-state index contributed by atoms with van der Waals surface area (Å²) in [7, 11) is 2.04. The molecule has 0 saturated heterocycles. The van der Waals surface area contributed by atoms with E-state index in [1.165, 1.54) is 0 Å². The first-order valence-electron chi connectivity index (χ1n) is 6.79. The first-order chi connectivity index (χ1) is 10.2. The predicted molar refractivity (Wildman–Crippen MR) is 89.4 cm³/mol. The molecule has 0 bridgehead atoms. The van der Waals surface area contributed by atoms with E-state index in [9.17, 15) is 0 Å². The highest BCUT2D eigenvalue weighted by Crippen LogP contribution is 2.26. The van der Waals surface area contributed by atoms with Crippen molar-refractivity contribution in [2.75, 3.05) is 18.5 Å². The Morgan fingerprint density at radius 1 is 1.38 bits per heavy atom. The van der Waals surface area contributed by atoms with E-state index in [2.05, 4.69) is 9.30 Å². The number of nitrogens with zero attached hydrogens (tertiary/aromatic N) is 3. The molecule has 0 saturated carbocycles. The first kappa shape index (κ1) is 14.4. The van der Waals surface area contributed by atoms with Crippen LogP contribution in [0.1, 0.15) is 11.3 Å². The number of anilines is 1. The minimum atomic E-state index is 0.608. The highest BCUT2D eigenvalue weighted by Gasteiger charge is 2.16. The second kappa shape index (κ2) is 6.05. The fourth-order valence-corrected chi connectivity index (χ4v) is 3.38. The van der Waals surface area contributed by atoms with Gasteiger partial charge in [0, 0.05) is 36.6 Å². The van der Waals surface area contributed by atoms with Crippen LogP contribution in [0.4, 0.5) is 5.82 Å². The number of rotatable bonds is 5. The molecule has 0 aliphatic carbocycles. The van der Waals surface area contributed by atoms with Crippen LogP contribution in [-0.4, -0.2) is 23.0 Å². The molecule has 2 N–H and O–H groups in total. The van der Waals surface area contributed by atoms with Crippen LogP contribution in [-0.2, 0) is 13.0 Å². The van der Waals surface area contributed by atoms with E-state index in [4.69, 9.17) is 22.3 Å². The summed E-state index contributed by atoms with van der Waals surface area (Å²) in [5, 5.41) is 2.82. The van der Waals surface area contributed by atoms with Crippen LogP contribution in [0.25, 0.3) is 4.96 Å². The lowest BCUT2D eigenvalue weighted by Gasteiger charge is -2.19. The molecule has 3 aromatic rings. The van der Waals surface area contributed by atoms with Gasteiger partial charge in [0.2, 0.25) is 0 Å². The van der Waals surface area contributed by atoms with Gasteiger partial charge in [-0.1, -0.05) is 29.8 Å². The van der Waals surface area contributed by atoms with Gasteiger partial charge in [0.1, 0.15) is 0 Å². The number of imidazole rings is 1. The third-order valence-electron chi connectivity index (χ3n) is 3.45. The zero-order chi connectivity index (χ0) is 14.8. The molecule has 0 radical (unpaired) electrons. The van der Waals surface area contributed by atoms with Crippen molar-refractivity contribution in [1.29, 1.82) is 0 Å². The Morgan fingerprint density at radius 3 is 2.95 bits per heavy atom. The number of benzene rings is 1. The lowest BCUT2D eigenvalue weighted by atomic mass is 10.2. The van der Waals surface area contributed by atoms with Crippen molar-refractivity contribution in [2.45, 2.75) is 13.0 Å². The standard InChI is InChI=1S/C15H17ClN4S/c1-19(10-11-4-2-3-5-12(11)16)14-13(6-7-17)20-8-9-21-15(20)18-14/h2-5,8-9H,6-7,10,17H2,1H3. The lowest BCUT2D eigenvalue weighted by molar-refractivity contribution is 0.858. The molecule has 6 heteroatoms. The third-order valence-corrected chi connectivity index (χ3v) is 4.57. The van der Waals surface area contributed by atoms with Crippen LogP contribution < -0.4 is 10.6 Å². The molecule has 0 fully saturated rings. The molecule has 4 nitrogen and oxygen atoms in total. The van der Waals surface area contributed by atoms with Crippen LogP contribution in [0.3, 0.4) is 0 Å². The normalized spacial score (nSPS) is 11.2. The van der Waals surface area contributed by atoms with E-state index < -0.39 is 0 Å². The van der Waals surface area contributed by atoms with E-state index in [-0.39, 0.29) is 0 Å². The summed E-state index contributed by atoms with van der Waals surface area (Å²) >= 11 is 7.88. The van der Waals surface area contributed by atoms with E-state index in [1.807, 2.05) is 42.9 Å². The van der Waals surface area contributed by atoms with Crippen molar-refractivity contribution >= 4 is 33.7 Å². The van der Waals surface area contributed by atoms with Gasteiger partial charge in [0.25, 0.3) is 0 Å². The number of halogens is 1. The van der Waals surface area contributed by atoms with E-state index in [1.54, 1.807) is 11.3 Å². The van der Waals surface area contributed by atoms with Gasteiger partial charge in [0.15, 0.2) is 10.8 Å². The maximum atomic E-state index is 6.24. The van der Waals surface area contributed by atoms with Crippen molar-refractivity contribution < 1.29 is 0 Å². The first-order valence-corrected chi connectivity index (χ1v) is 8.05. The summed E-state index contributed by atoms with van der Waals surface area (Å²) in [6.07, 6.45) is 2.85. The highest BCUT2D eigenvalue weighted by molar-refractivity contribution is 7.15. The Bertz CT molecular complexity index is 749. The maximum Gasteiger partial charge on any atom is 0.195 e. The molecule has 0 unspecified atom stereocenters. The summed E-state index contributed by atoms with van der Waals surface area (Å²) in [5.74, 6) is 0.979. The molecule has 0 amide bonds. The Labute approximate surface area is 132 Å². The number of aromatic nitrogens is 2. The number of fused-ring (bicyclic) bond motifs is 1. The molecular weight excluding hydrogens is 304 g/mol. The van der Waals surface area contributed by atoms with Crippen molar-refractivity contribution in [2.24, 2.45) is 5.73 Å². The minimum absolute atomic E-state index is 0.608. The summed E-state index contributed by atoms with van der Waals surface area (Å²) in [6, 6.07) is 7.90. The molecule has 1 aromatic carbocycles. The van der Waals surface area contributed by atoms with Gasteiger partial charge in [0.05, 0.1) is 5.69 Å². The van der Waals surface area contributed by atoms with Crippen LogP contribution in [0, 0.1) is 0 Å². The monoisotopic (exact) mass is 320 g/mol. The van der Waals surface area contributed by atoms with Gasteiger partial charge in [-0.3, -0.25) is 4.40 Å². The smallest absolute Gasteiger partial charge is 0.195 e. The maximum absolute atomic E-state index is 6.24. The molecule has 0 aliphatic rings. The van der Waals surface area contributed by atoms with Crippen molar-refractivity contribution in [3.05, 3.63) is 52.1 Å². The highest BCUT2D eigenvalue weighted by atomic mass is 35.5. The Kier molecular flexibility index (Phi) is 4.14. The summed E-state index contributed by atoms with van der Waals surface area (Å²) in [6.45, 7) is 1.33. The molecule has 3 rings (SSSR count). The van der Waals surface area contributed by atoms with Gasteiger partial charge in [-0.2, -0.15) is 0 Å². The minimum Gasteiger partial charge on any atom is -0.354 e. The number of hydrogen-bond donors (Lipinski definition) is 1. The van der Waals surface area contributed by atoms with E-state index in [0.29, 0.717) is 6.54 Å². The largest absolute Gasteiger partial charge is 0.354 e. The molecule has 0 aliphatic heterocycles. The topological polar surface area (TPSA) is 46.6 Å². The van der Waals surface area contributed by atoms with Crippen molar-refractivity contribution in [1.82, 2.24) is 9.38 Å². The zero-order valence-electron chi connectivity index (χ0n) is 11.8. The van der Waals surface area contributed by atoms with Crippen molar-refractivity contribution in [3.63, 3.8) is 0 Å². The molecular formula is C15H17ClN4S. The van der Waals surface area contributed by atoms with Crippen LogP contribution in [0.5, 0.6) is 0 Å². The van der Waals surface area contributed by atoms with Gasteiger partial charge in [-0.25, -0.2) is 4.98 Å². The summed E-state index contributed by atoms with van der Waals surface area (Å²) < 4.78 is 2.12.